The first-order valence-corrected chi connectivity index (χ1v) is 13.9. The summed E-state index contributed by atoms with van der Waals surface area (Å²) in [6.45, 7) is 7.63. The number of amides is 1. The molecule has 2 saturated heterocycles. The molecule has 5 rings (SSSR count). The molecular formula is C29H35F4N7O2. The number of rotatable bonds is 5. The van der Waals surface area contributed by atoms with Crippen LogP contribution in [-0.4, -0.2) is 104 Å². The van der Waals surface area contributed by atoms with Crippen LogP contribution in [0.1, 0.15) is 13.8 Å². The highest BCUT2D eigenvalue weighted by molar-refractivity contribution is 6.09. The molecule has 3 aliphatic heterocycles. The Morgan fingerprint density at radius 1 is 1.05 bits per heavy atom. The number of ether oxygens (including phenoxy) is 1. The molecule has 1 aromatic heterocycles. The Labute approximate surface area is 242 Å². The van der Waals surface area contributed by atoms with Gasteiger partial charge >= 0.3 is 6.18 Å². The second-order valence-electron chi connectivity index (χ2n) is 11.1. The van der Waals surface area contributed by atoms with Crippen LogP contribution < -0.4 is 15.1 Å². The van der Waals surface area contributed by atoms with Crippen molar-refractivity contribution in [2.24, 2.45) is 0 Å². The maximum Gasteiger partial charge on any atom is 0.416 e. The smallest absolute Gasteiger partial charge is 0.376 e. The van der Waals surface area contributed by atoms with Gasteiger partial charge in [0.05, 0.1) is 35.2 Å². The lowest BCUT2D eigenvalue weighted by molar-refractivity contribution is -0.115. The summed E-state index contributed by atoms with van der Waals surface area (Å²) in [5.74, 6) is -0.997. The number of hydrogen-bond donors (Lipinski definition) is 1. The highest BCUT2D eigenvalue weighted by Crippen LogP contribution is 2.38. The van der Waals surface area contributed by atoms with Gasteiger partial charge in [-0.2, -0.15) is 13.2 Å². The first-order valence-electron chi connectivity index (χ1n) is 13.9. The Kier molecular flexibility index (Phi) is 8.42. The van der Waals surface area contributed by atoms with E-state index >= 15 is 4.39 Å². The molecule has 0 aliphatic carbocycles. The molecule has 0 bridgehead atoms. The van der Waals surface area contributed by atoms with Crippen LogP contribution in [0.2, 0.25) is 0 Å². The van der Waals surface area contributed by atoms with Crippen molar-refractivity contribution in [1.82, 2.24) is 19.8 Å². The third-order valence-corrected chi connectivity index (χ3v) is 7.88. The molecule has 1 aromatic carbocycles. The average Bonchev–Trinajstić information content (AvgIpc) is 2.94. The van der Waals surface area contributed by atoms with Gasteiger partial charge in [0.25, 0.3) is 5.91 Å². The molecule has 226 valence electrons. The topological polar surface area (TPSA) is 77.1 Å². The van der Waals surface area contributed by atoms with Gasteiger partial charge in [0, 0.05) is 82.1 Å². The summed E-state index contributed by atoms with van der Waals surface area (Å²) < 4.78 is 62.7. The van der Waals surface area contributed by atoms with E-state index in [1.807, 2.05) is 30.7 Å². The zero-order valence-electron chi connectivity index (χ0n) is 24.1. The molecule has 42 heavy (non-hydrogen) atoms. The first-order chi connectivity index (χ1) is 19.9. The second kappa shape index (κ2) is 11.9. The summed E-state index contributed by atoms with van der Waals surface area (Å²) in [4.78, 5) is 29.8. The van der Waals surface area contributed by atoms with Gasteiger partial charge in [-0.15, -0.1) is 0 Å². The van der Waals surface area contributed by atoms with E-state index in [0.29, 0.717) is 56.5 Å². The van der Waals surface area contributed by atoms with Crippen molar-refractivity contribution >= 4 is 23.2 Å². The van der Waals surface area contributed by atoms with Gasteiger partial charge in [0.1, 0.15) is 5.82 Å². The highest BCUT2D eigenvalue weighted by atomic mass is 19.4. The standard InChI is InChI=1S/C29H35F4N7O2/c1-18-15-39(8-7-38(18)4)26-12-24(30)21(20-13-34-28(35-14-20)40-9-10-42-19(2)16-40)11-25(26)36-27(41)22-17-37(3)6-5-23(22)29(31,32)33/h5,11-14,17-19H,6-10,15-16H2,1-4H3,(H,36,41)/t18-,19+/m0/s1. The number of carbonyl (C=O) groups excluding carboxylic acids is 1. The molecule has 4 heterocycles. The number of piperazine rings is 1. The molecule has 2 fully saturated rings. The summed E-state index contributed by atoms with van der Waals surface area (Å²) in [5, 5.41) is 2.67. The Bertz CT molecular complexity index is 1380. The number of anilines is 3. The van der Waals surface area contributed by atoms with E-state index in [9.17, 15) is 18.0 Å². The van der Waals surface area contributed by atoms with Crippen molar-refractivity contribution in [2.75, 3.05) is 75.1 Å². The van der Waals surface area contributed by atoms with Crippen molar-refractivity contribution < 1.29 is 27.1 Å². The number of hydrogen-bond acceptors (Lipinski definition) is 8. The Hall–Kier alpha value is -3.71. The predicted octanol–water partition coefficient (Wildman–Crippen LogP) is 3.90. The lowest BCUT2D eigenvalue weighted by Crippen LogP contribution is -2.50. The summed E-state index contributed by atoms with van der Waals surface area (Å²) in [7, 11) is 3.58. The minimum absolute atomic E-state index is 0.0239. The number of alkyl halides is 3. The normalized spacial score (nSPS) is 22.1. The maximum absolute atomic E-state index is 15.7. The number of nitrogens with one attached hydrogen (secondary N) is 1. The molecule has 13 heteroatoms. The van der Waals surface area contributed by atoms with Gasteiger partial charge in [-0.25, -0.2) is 14.4 Å². The van der Waals surface area contributed by atoms with Gasteiger partial charge in [0.2, 0.25) is 5.95 Å². The third-order valence-electron chi connectivity index (χ3n) is 7.88. The van der Waals surface area contributed by atoms with Crippen molar-refractivity contribution in [2.45, 2.75) is 32.2 Å². The molecule has 3 aliphatic rings. The fourth-order valence-corrected chi connectivity index (χ4v) is 5.36. The molecule has 9 nitrogen and oxygen atoms in total. The molecule has 0 saturated carbocycles. The molecule has 2 atom stereocenters. The van der Waals surface area contributed by atoms with Gasteiger partial charge in [0.15, 0.2) is 0 Å². The van der Waals surface area contributed by atoms with E-state index in [2.05, 4.69) is 20.2 Å². The molecule has 0 spiro atoms. The fraction of sp³-hybridized carbons (Fsp3) is 0.483. The van der Waals surface area contributed by atoms with E-state index in [0.717, 1.165) is 6.08 Å². The van der Waals surface area contributed by atoms with Crippen LogP contribution in [0, 0.1) is 5.82 Å². The summed E-state index contributed by atoms with van der Waals surface area (Å²) >= 11 is 0. The molecule has 2 aromatic rings. The van der Waals surface area contributed by atoms with Gasteiger partial charge in [-0.3, -0.25) is 4.79 Å². The lowest BCUT2D eigenvalue weighted by atomic mass is 10.0. The molecule has 0 radical (unpaired) electrons. The first kappa shape index (κ1) is 29.8. The third kappa shape index (κ3) is 6.36. The van der Waals surface area contributed by atoms with Gasteiger partial charge in [-0.05, 0) is 33.0 Å². The zero-order chi connectivity index (χ0) is 30.2. The van der Waals surface area contributed by atoms with Crippen LogP contribution in [-0.2, 0) is 9.53 Å². The molecule has 1 N–H and O–H groups in total. The SMILES string of the molecule is C[C@@H]1CN(c2ncc(-c3cc(NC(=O)C4=CN(C)CC=C4C(F)(F)F)c(N4CCN(C)[C@@H](C)C4)cc3F)cn2)CCO1. The zero-order valence-corrected chi connectivity index (χ0v) is 24.1. The summed E-state index contributed by atoms with van der Waals surface area (Å²) in [6.07, 6.45) is 0.509. The van der Waals surface area contributed by atoms with Crippen molar-refractivity contribution in [3.63, 3.8) is 0 Å². The fourth-order valence-electron chi connectivity index (χ4n) is 5.36. The van der Waals surface area contributed by atoms with Crippen LogP contribution in [0.4, 0.5) is 34.9 Å². The number of aromatic nitrogens is 2. The lowest BCUT2D eigenvalue weighted by Gasteiger charge is -2.39. The Morgan fingerprint density at radius 3 is 2.45 bits per heavy atom. The summed E-state index contributed by atoms with van der Waals surface area (Å²) in [6, 6.07) is 2.91. The number of morpholine rings is 1. The Morgan fingerprint density at radius 2 is 1.79 bits per heavy atom. The quantitative estimate of drug-likeness (QED) is 0.527. The highest BCUT2D eigenvalue weighted by Gasteiger charge is 2.40. The van der Waals surface area contributed by atoms with E-state index in [1.54, 1.807) is 7.05 Å². The monoisotopic (exact) mass is 589 g/mol. The Balaban J connectivity index is 1.50. The van der Waals surface area contributed by atoms with Crippen LogP contribution in [0.3, 0.4) is 0 Å². The summed E-state index contributed by atoms with van der Waals surface area (Å²) in [5.41, 5.74) is -0.413. The average molecular weight is 590 g/mol. The van der Waals surface area contributed by atoms with Crippen LogP contribution in [0.15, 0.2) is 47.9 Å². The second-order valence-corrected chi connectivity index (χ2v) is 11.1. The molecule has 1 amide bonds. The minimum Gasteiger partial charge on any atom is -0.376 e. The largest absolute Gasteiger partial charge is 0.416 e. The number of nitrogens with zero attached hydrogens (tertiary/aromatic N) is 6. The number of likely N-dealkylation sites (N-methyl/N-ethyl adjacent to an activating group) is 2. The van der Waals surface area contributed by atoms with Crippen molar-refractivity contribution in [3.05, 3.63) is 53.8 Å². The van der Waals surface area contributed by atoms with Gasteiger partial charge < -0.3 is 29.7 Å². The van der Waals surface area contributed by atoms with Crippen molar-refractivity contribution in [1.29, 1.82) is 0 Å². The van der Waals surface area contributed by atoms with E-state index in [4.69, 9.17) is 4.74 Å². The van der Waals surface area contributed by atoms with E-state index < -0.39 is 29.0 Å². The maximum atomic E-state index is 15.7. The van der Waals surface area contributed by atoms with Crippen LogP contribution >= 0.6 is 0 Å². The van der Waals surface area contributed by atoms with E-state index in [-0.39, 0.29) is 29.9 Å². The minimum atomic E-state index is -4.70. The number of carbonyl (C=O) groups is 1. The van der Waals surface area contributed by atoms with Crippen molar-refractivity contribution in [3.8, 4) is 11.1 Å². The number of benzene rings is 1. The van der Waals surface area contributed by atoms with E-state index in [1.165, 1.54) is 35.6 Å². The van der Waals surface area contributed by atoms with Gasteiger partial charge in [-0.1, -0.05) is 6.08 Å². The molecule has 0 unspecified atom stereocenters. The van der Waals surface area contributed by atoms with Crippen LogP contribution in [0.25, 0.3) is 11.1 Å². The predicted molar refractivity (Wildman–Crippen MR) is 153 cm³/mol. The molecular weight excluding hydrogens is 554 g/mol. The van der Waals surface area contributed by atoms with Crippen LogP contribution in [0.5, 0.6) is 0 Å². The number of halogens is 4.